The van der Waals surface area contributed by atoms with Crippen LogP contribution >= 0.6 is 15.9 Å². The molecular weight excluding hydrogens is 418 g/mol. The number of hydrogen-bond donors (Lipinski definition) is 1. The van der Waals surface area contributed by atoms with Crippen LogP contribution in [-0.2, 0) is 6.42 Å². The largest absolute Gasteiger partial charge is 0.486 e. The second-order valence-electron chi connectivity index (χ2n) is 6.60. The van der Waals surface area contributed by atoms with E-state index in [2.05, 4.69) is 33.4 Å². The third-order valence-electron chi connectivity index (χ3n) is 4.68. The highest BCUT2D eigenvalue weighted by molar-refractivity contribution is 9.10. The number of carbonyl (C=O) groups is 1. The van der Waals surface area contributed by atoms with Crippen molar-refractivity contribution in [1.29, 1.82) is 0 Å². The Morgan fingerprint density at radius 3 is 2.43 bits per heavy atom. The van der Waals surface area contributed by atoms with Crippen molar-refractivity contribution in [3.8, 4) is 11.5 Å². The van der Waals surface area contributed by atoms with E-state index in [9.17, 15) is 4.79 Å². The van der Waals surface area contributed by atoms with E-state index in [1.54, 1.807) is 0 Å². The first kappa shape index (κ1) is 18.6. The summed E-state index contributed by atoms with van der Waals surface area (Å²) in [6.45, 7) is 1.09. The highest BCUT2D eigenvalue weighted by atomic mass is 79.9. The zero-order chi connectivity index (χ0) is 19.3. The van der Waals surface area contributed by atoms with Crippen molar-refractivity contribution in [2.75, 3.05) is 13.2 Å². The van der Waals surface area contributed by atoms with E-state index in [0.29, 0.717) is 25.2 Å². The molecule has 5 heteroatoms. The molecule has 1 aliphatic heterocycles. The predicted molar refractivity (Wildman–Crippen MR) is 112 cm³/mol. The predicted octanol–water partition coefficient (Wildman–Crippen LogP) is 4.93. The maximum Gasteiger partial charge on any atom is 0.252 e. The molecule has 1 N–H and O–H groups in total. The average molecular weight is 438 g/mol. The van der Waals surface area contributed by atoms with E-state index < -0.39 is 0 Å². The van der Waals surface area contributed by atoms with Crippen LogP contribution in [0.15, 0.2) is 77.3 Å². The second kappa shape index (κ2) is 8.48. The maximum atomic E-state index is 12.9. The summed E-state index contributed by atoms with van der Waals surface area (Å²) in [5.41, 5.74) is 2.74. The van der Waals surface area contributed by atoms with Crippen LogP contribution in [-0.4, -0.2) is 19.1 Å². The molecular formula is C23H20BrNO3. The van der Waals surface area contributed by atoms with Gasteiger partial charge in [-0.25, -0.2) is 0 Å². The summed E-state index contributed by atoms with van der Waals surface area (Å²) in [6.07, 6.45) is 0.677. The first-order valence-corrected chi connectivity index (χ1v) is 9.99. The molecule has 4 rings (SSSR count). The van der Waals surface area contributed by atoms with Crippen LogP contribution in [0.1, 0.15) is 27.5 Å². The molecule has 1 unspecified atom stereocenters. The van der Waals surface area contributed by atoms with E-state index in [4.69, 9.17) is 9.47 Å². The van der Waals surface area contributed by atoms with Gasteiger partial charge in [-0.1, -0.05) is 48.5 Å². The number of ether oxygens (including phenoxy) is 2. The lowest BCUT2D eigenvalue weighted by molar-refractivity contribution is 0.0935. The van der Waals surface area contributed by atoms with Crippen LogP contribution in [0, 0.1) is 0 Å². The van der Waals surface area contributed by atoms with Gasteiger partial charge in [-0.05, 0) is 57.7 Å². The van der Waals surface area contributed by atoms with Gasteiger partial charge in [-0.3, -0.25) is 4.79 Å². The molecule has 4 nitrogen and oxygen atoms in total. The van der Waals surface area contributed by atoms with E-state index in [-0.39, 0.29) is 11.9 Å². The van der Waals surface area contributed by atoms with Crippen molar-refractivity contribution >= 4 is 21.8 Å². The van der Waals surface area contributed by atoms with Crippen molar-refractivity contribution < 1.29 is 14.3 Å². The number of hydrogen-bond acceptors (Lipinski definition) is 3. The topological polar surface area (TPSA) is 47.6 Å². The van der Waals surface area contributed by atoms with Crippen LogP contribution in [0.4, 0.5) is 0 Å². The van der Waals surface area contributed by atoms with E-state index >= 15 is 0 Å². The Bertz CT molecular complexity index is 975. The molecule has 1 atom stereocenters. The van der Waals surface area contributed by atoms with Gasteiger partial charge in [0.1, 0.15) is 13.2 Å². The number of nitrogens with one attached hydrogen (secondary N) is 1. The first-order chi connectivity index (χ1) is 13.7. The quantitative estimate of drug-likeness (QED) is 0.615. The minimum atomic E-state index is -0.196. The Labute approximate surface area is 172 Å². The van der Waals surface area contributed by atoms with Crippen LogP contribution in [0.3, 0.4) is 0 Å². The minimum Gasteiger partial charge on any atom is -0.486 e. The lowest BCUT2D eigenvalue weighted by Gasteiger charge is -2.23. The first-order valence-electron chi connectivity index (χ1n) is 9.19. The van der Waals surface area contributed by atoms with Crippen LogP contribution in [0.25, 0.3) is 0 Å². The van der Waals surface area contributed by atoms with Crippen molar-refractivity contribution in [2.45, 2.75) is 12.5 Å². The smallest absolute Gasteiger partial charge is 0.252 e. The molecule has 142 valence electrons. The van der Waals surface area contributed by atoms with Crippen LogP contribution < -0.4 is 14.8 Å². The van der Waals surface area contributed by atoms with Gasteiger partial charge in [-0.2, -0.15) is 0 Å². The number of fused-ring (bicyclic) bond motifs is 1. The highest BCUT2D eigenvalue weighted by Crippen LogP contribution is 2.33. The molecule has 0 aromatic heterocycles. The molecule has 0 saturated heterocycles. The molecule has 1 amide bonds. The maximum absolute atomic E-state index is 12.9. The summed E-state index contributed by atoms with van der Waals surface area (Å²) in [6, 6.07) is 23.2. The molecule has 3 aromatic carbocycles. The molecule has 0 spiro atoms. The molecule has 0 bridgehead atoms. The monoisotopic (exact) mass is 437 g/mol. The van der Waals surface area contributed by atoms with E-state index in [0.717, 1.165) is 27.1 Å². The minimum absolute atomic E-state index is 0.122. The Hall–Kier alpha value is -2.79. The standard InChI is InChI=1S/C23H20BrNO3/c24-19-9-5-4-8-18(19)23(26)25-20(14-16-6-2-1-3-7-16)17-10-11-21-22(15-17)28-13-12-27-21/h1-11,15,20H,12-14H2,(H,25,26). The summed E-state index contributed by atoms with van der Waals surface area (Å²) in [5, 5.41) is 3.18. The SMILES string of the molecule is O=C(NC(Cc1ccccc1)c1ccc2c(c1)OCCO2)c1ccccc1Br. The molecule has 3 aromatic rings. The summed E-state index contributed by atoms with van der Waals surface area (Å²) in [5.74, 6) is 1.34. The van der Waals surface area contributed by atoms with E-state index in [1.165, 1.54) is 0 Å². The van der Waals surface area contributed by atoms with Crippen LogP contribution in [0.5, 0.6) is 11.5 Å². The summed E-state index contributed by atoms with van der Waals surface area (Å²) in [7, 11) is 0. The zero-order valence-electron chi connectivity index (χ0n) is 15.2. The summed E-state index contributed by atoms with van der Waals surface area (Å²) in [4.78, 5) is 12.9. The number of amides is 1. The zero-order valence-corrected chi connectivity index (χ0v) is 16.8. The van der Waals surface area contributed by atoms with Crippen molar-refractivity contribution in [3.63, 3.8) is 0 Å². The Morgan fingerprint density at radius 2 is 1.64 bits per heavy atom. The number of rotatable bonds is 5. The third kappa shape index (κ3) is 4.20. The Balaban J connectivity index is 1.64. The molecule has 0 fully saturated rings. The van der Waals surface area contributed by atoms with Gasteiger partial charge in [-0.15, -0.1) is 0 Å². The Kier molecular flexibility index (Phi) is 5.63. The lowest BCUT2D eigenvalue weighted by Crippen LogP contribution is -2.30. The van der Waals surface area contributed by atoms with Gasteiger partial charge >= 0.3 is 0 Å². The van der Waals surface area contributed by atoms with Crippen molar-refractivity contribution in [2.24, 2.45) is 0 Å². The van der Waals surface area contributed by atoms with Gasteiger partial charge < -0.3 is 14.8 Å². The average Bonchev–Trinajstić information content (AvgIpc) is 2.74. The van der Waals surface area contributed by atoms with Gasteiger partial charge in [0, 0.05) is 4.47 Å². The van der Waals surface area contributed by atoms with Crippen molar-refractivity contribution in [1.82, 2.24) is 5.32 Å². The number of benzene rings is 3. The number of carbonyl (C=O) groups excluding carboxylic acids is 1. The normalized spacial score (nSPS) is 13.6. The highest BCUT2D eigenvalue weighted by Gasteiger charge is 2.21. The third-order valence-corrected chi connectivity index (χ3v) is 5.37. The van der Waals surface area contributed by atoms with Gasteiger partial charge in [0.05, 0.1) is 11.6 Å². The molecule has 1 heterocycles. The Morgan fingerprint density at radius 1 is 0.929 bits per heavy atom. The van der Waals surface area contributed by atoms with Gasteiger partial charge in [0.15, 0.2) is 11.5 Å². The lowest BCUT2D eigenvalue weighted by atomic mass is 9.97. The van der Waals surface area contributed by atoms with Crippen molar-refractivity contribution in [3.05, 3.63) is 94.0 Å². The fraction of sp³-hybridized carbons (Fsp3) is 0.174. The van der Waals surface area contributed by atoms with Gasteiger partial charge in [0.2, 0.25) is 0 Å². The molecule has 1 aliphatic rings. The van der Waals surface area contributed by atoms with Crippen LogP contribution in [0.2, 0.25) is 0 Å². The van der Waals surface area contributed by atoms with Gasteiger partial charge in [0.25, 0.3) is 5.91 Å². The summed E-state index contributed by atoms with van der Waals surface area (Å²) >= 11 is 3.46. The second-order valence-corrected chi connectivity index (χ2v) is 7.45. The molecule has 0 radical (unpaired) electrons. The molecule has 0 aliphatic carbocycles. The fourth-order valence-corrected chi connectivity index (χ4v) is 3.72. The summed E-state index contributed by atoms with van der Waals surface area (Å²) < 4.78 is 12.1. The fourth-order valence-electron chi connectivity index (χ4n) is 3.26. The molecule has 0 saturated carbocycles. The number of halogens is 1. The van der Waals surface area contributed by atoms with E-state index in [1.807, 2.05) is 60.7 Å². The molecule has 28 heavy (non-hydrogen) atoms.